The van der Waals surface area contributed by atoms with Crippen molar-refractivity contribution in [1.82, 2.24) is 0 Å². The first-order chi connectivity index (χ1) is 17.3. The number of amides is 1. The molecule has 1 unspecified atom stereocenters. The van der Waals surface area contributed by atoms with E-state index in [1.807, 2.05) is 13.0 Å². The first-order valence-corrected chi connectivity index (χ1v) is 11.1. The SMILES string of the molecule is COC(=O)c1cccc(N2C(=O)C(=O)/C(=C(/O)c3cc(C)ccc3OC)C2c2cccc(OC)c2)c1. The Hall–Kier alpha value is -4.59. The monoisotopic (exact) mass is 487 g/mol. The van der Waals surface area contributed by atoms with Crippen molar-refractivity contribution in [2.24, 2.45) is 0 Å². The maximum absolute atomic E-state index is 13.4. The lowest BCUT2D eigenvalue weighted by atomic mass is 9.94. The van der Waals surface area contributed by atoms with E-state index in [1.165, 1.54) is 32.3 Å². The Kier molecular flexibility index (Phi) is 6.78. The summed E-state index contributed by atoms with van der Waals surface area (Å²) >= 11 is 0. The number of carbonyl (C=O) groups is 3. The number of benzene rings is 3. The second kappa shape index (κ2) is 9.95. The van der Waals surface area contributed by atoms with Crippen molar-refractivity contribution < 1.29 is 33.7 Å². The van der Waals surface area contributed by atoms with Crippen LogP contribution in [0.15, 0.2) is 72.3 Å². The number of rotatable bonds is 6. The van der Waals surface area contributed by atoms with Gasteiger partial charge >= 0.3 is 5.97 Å². The Bertz CT molecular complexity index is 1390. The van der Waals surface area contributed by atoms with Crippen molar-refractivity contribution in [3.05, 3.63) is 94.6 Å². The zero-order valence-electron chi connectivity index (χ0n) is 20.3. The summed E-state index contributed by atoms with van der Waals surface area (Å²) in [5.41, 5.74) is 2.04. The number of hydrogen-bond acceptors (Lipinski definition) is 7. The molecule has 1 atom stereocenters. The molecule has 1 aliphatic heterocycles. The van der Waals surface area contributed by atoms with Crippen LogP contribution in [0.4, 0.5) is 5.69 Å². The summed E-state index contributed by atoms with van der Waals surface area (Å²) in [6.45, 7) is 1.84. The number of methoxy groups -OCH3 is 3. The number of anilines is 1. The van der Waals surface area contributed by atoms with E-state index in [0.717, 1.165) is 5.56 Å². The van der Waals surface area contributed by atoms with Crippen molar-refractivity contribution in [2.45, 2.75) is 13.0 Å². The Morgan fingerprint density at radius 3 is 2.36 bits per heavy atom. The molecule has 3 aromatic rings. The minimum absolute atomic E-state index is 0.111. The Labute approximate surface area is 208 Å². The van der Waals surface area contributed by atoms with Gasteiger partial charge < -0.3 is 19.3 Å². The number of carbonyl (C=O) groups excluding carboxylic acids is 3. The molecule has 184 valence electrons. The van der Waals surface area contributed by atoms with Crippen LogP contribution < -0.4 is 14.4 Å². The van der Waals surface area contributed by atoms with E-state index in [9.17, 15) is 19.5 Å². The van der Waals surface area contributed by atoms with E-state index in [1.54, 1.807) is 54.6 Å². The lowest BCUT2D eigenvalue weighted by Crippen LogP contribution is -2.29. The molecule has 0 aliphatic carbocycles. The Morgan fingerprint density at radius 1 is 0.917 bits per heavy atom. The van der Waals surface area contributed by atoms with Crippen molar-refractivity contribution in [3.8, 4) is 11.5 Å². The molecule has 1 N–H and O–H groups in total. The van der Waals surface area contributed by atoms with Crippen LogP contribution in [-0.2, 0) is 14.3 Å². The minimum atomic E-state index is -1.00. The number of ketones is 1. The molecule has 0 aromatic heterocycles. The highest BCUT2D eigenvalue weighted by molar-refractivity contribution is 6.51. The molecule has 0 radical (unpaired) electrons. The van der Waals surface area contributed by atoms with Crippen LogP contribution in [0.5, 0.6) is 11.5 Å². The molecule has 8 nitrogen and oxygen atoms in total. The zero-order valence-corrected chi connectivity index (χ0v) is 20.3. The van der Waals surface area contributed by atoms with Crippen molar-refractivity contribution in [3.63, 3.8) is 0 Å². The minimum Gasteiger partial charge on any atom is -0.507 e. The fourth-order valence-electron chi connectivity index (χ4n) is 4.28. The smallest absolute Gasteiger partial charge is 0.337 e. The maximum Gasteiger partial charge on any atom is 0.337 e. The van der Waals surface area contributed by atoms with Crippen LogP contribution >= 0.6 is 0 Å². The number of Topliss-reactive ketones (excluding diaryl/α,β-unsaturated/α-hetero) is 1. The average molecular weight is 488 g/mol. The Balaban J connectivity index is 1.99. The highest BCUT2D eigenvalue weighted by atomic mass is 16.5. The number of nitrogens with zero attached hydrogens (tertiary/aromatic N) is 1. The lowest BCUT2D eigenvalue weighted by molar-refractivity contribution is -0.132. The van der Waals surface area contributed by atoms with E-state index >= 15 is 0 Å². The molecular weight excluding hydrogens is 462 g/mol. The third-order valence-electron chi connectivity index (χ3n) is 6.01. The van der Waals surface area contributed by atoms with Gasteiger partial charge in [0.1, 0.15) is 17.3 Å². The lowest BCUT2D eigenvalue weighted by Gasteiger charge is -2.26. The quantitative estimate of drug-likeness (QED) is 0.238. The maximum atomic E-state index is 13.4. The van der Waals surface area contributed by atoms with Crippen LogP contribution in [-0.4, -0.2) is 44.1 Å². The second-order valence-corrected chi connectivity index (χ2v) is 8.19. The van der Waals surface area contributed by atoms with Gasteiger partial charge in [-0.3, -0.25) is 14.5 Å². The van der Waals surface area contributed by atoms with Gasteiger partial charge in [0.2, 0.25) is 0 Å². The van der Waals surface area contributed by atoms with Gasteiger partial charge in [-0.2, -0.15) is 0 Å². The summed E-state index contributed by atoms with van der Waals surface area (Å²) < 4.78 is 15.6. The first-order valence-electron chi connectivity index (χ1n) is 11.1. The topological polar surface area (TPSA) is 102 Å². The largest absolute Gasteiger partial charge is 0.507 e. The highest BCUT2D eigenvalue weighted by Crippen LogP contribution is 2.44. The first kappa shape index (κ1) is 24.5. The standard InChI is InChI=1S/C28H25NO7/c1-16-11-12-22(35-3)21(13-16)25(30)23-24(17-7-6-10-20(15-17)34-2)29(27(32)26(23)31)19-9-5-8-18(14-19)28(33)36-4/h5-15,24,30H,1-4H3/b25-23+. The van der Waals surface area contributed by atoms with Gasteiger partial charge in [-0.15, -0.1) is 0 Å². The highest BCUT2D eigenvalue weighted by Gasteiger charge is 2.47. The molecule has 4 rings (SSSR count). The molecular formula is C28H25NO7. The predicted molar refractivity (Wildman–Crippen MR) is 133 cm³/mol. The fraction of sp³-hybridized carbons (Fsp3) is 0.179. The molecule has 1 amide bonds. The van der Waals surface area contributed by atoms with Crippen LogP contribution in [0.1, 0.15) is 33.1 Å². The van der Waals surface area contributed by atoms with Gasteiger partial charge in [0.25, 0.3) is 11.7 Å². The van der Waals surface area contributed by atoms with E-state index in [2.05, 4.69) is 0 Å². The van der Waals surface area contributed by atoms with Crippen molar-refractivity contribution >= 4 is 29.1 Å². The van der Waals surface area contributed by atoms with Crippen LogP contribution in [0.3, 0.4) is 0 Å². The van der Waals surface area contributed by atoms with Gasteiger partial charge in [0, 0.05) is 5.69 Å². The van der Waals surface area contributed by atoms with E-state index < -0.39 is 23.7 Å². The summed E-state index contributed by atoms with van der Waals surface area (Å²) in [6, 6.07) is 17.3. The van der Waals surface area contributed by atoms with Crippen LogP contribution in [0, 0.1) is 6.92 Å². The summed E-state index contributed by atoms with van der Waals surface area (Å²) in [7, 11) is 4.22. The number of aryl methyl sites for hydroxylation is 1. The molecule has 0 bridgehead atoms. The fourth-order valence-corrected chi connectivity index (χ4v) is 4.28. The van der Waals surface area contributed by atoms with E-state index in [0.29, 0.717) is 22.7 Å². The number of aliphatic hydroxyl groups is 1. The van der Waals surface area contributed by atoms with Crippen molar-refractivity contribution in [2.75, 3.05) is 26.2 Å². The van der Waals surface area contributed by atoms with Gasteiger partial charge in [0.15, 0.2) is 0 Å². The molecule has 8 heteroatoms. The number of ether oxygens (including phenoxy) is 3. The van der Waals surface area contributed by atoms with Crippen LogP contribution in [0.25, 0.3) is 5.76 Å². The molecule has 3 aromatic carbocycles. The average Bonchev–Trinajstić information content (AvgIpc) is 3.17. The van der Waals surface area contributed by atoms with Gasteiger partial charge in [-0.25, -0.2) is 4.79 Å². The van der Waals surface area contributed by atoms with E-state index in [-0.39, 0.29) is 22.5 Å². The zero-order chi connectivity index (χ0) is 26.0. The molecule has 1 heterocycles. The third kappa shape index (κ3) is 4.29. The molecule has 1 saturated heterocycles. The molecule has 0 spiro atoms. The third-order valence-corrected chi connectivity index (χ3v) is 6.01. The number of aliphatic hydroxyl groups excluding tert-OH is 1. The second-order valence-electron chi connectivity index (χ2n) is 8.19. The van der Waals surface area contributed by atoms with Gasteiger partial charge in [-0.1, -0.05) is 29.8 Å². The summed E-state index contributed by atoms with van der Waals surface area (Å²) in [5.74, 6) is -1.81. The summed E-state index contributed by atoms with van der Waals surface area (Å²) in [6.07, 6.45) is 0. The molecule has 36 heavy (non-hydrogen) atoms. The number of esters is 1. The summed E-state index contributed by atoms with van der Waals surface area (Å²) in [5, 5.41) is 11.4. The molecule has 0 saturated carbocycles. The van der Waals surface area contributed by atoms with Gasteiger partial charge in [0.05, 0.1) is 44.1 Å². The summed E-state index contributed by atoms with van der Waals surface area (Å²) in [4.78, 5) is 40.3. The Morgan fingerprint density at radius 2 is 1.67 bits per heavy atom. The molecule has 1 fully saturated rings. The predicted octanol–water partition coefficient (Wildman–Crippen LogP) is 4.43. The van der Waals surface area contributed by atoms with E-state index in [4.69, 9.17) is 14.2 Å². The molecule has 1 aliphatic rings. The van der Waals surface area contributed by atoms with Gasteiger partial charge in [-0.05, 0) is 55.0 Å². The number of hydrogen-bond donors (Lipinski definition) is 1. The van der Waals surface area contributed by atoms with Crippen LogP contribution in [0.2, 0.25) is 0 Å². The normalized spacial score (nSPS) is 16.7. The van der Waals surface area contributed by atoms with Crippen molar-refractivity contribution in [1.29, 1.82) is 0 Å².